The van der Waals surface area contributed by atoms with E-state index < -0.39 is 23.1 Å². The van der Waals surface area contributed by atoms with E-state index in [9.17, 15) is 14.4 Å². The van der Waals surface area contributed by atoms with Crippen LogP contribution in [0.25, 0.3) is 0 Å². The summed E-state index contributed by atoms with van der Waals surface area (Å²) in [7, 11) is 0. The maximum Gasteiger partial charge on any atom is 0.305 e. The molecule has 0 aromatic carbocycles. The van der Waals surface area contributed by atoms with Crippen molar-refractivity contribution in [3.63, 3.8) is 0 Å². The molecule has 0 bridgehead atoms. The predicted molar refractivity (Wildman–Crippen MR) is 140 cm³/mol. The van der Waals surface area contributed by atoms with Gasteiger partial charge in [0.1, 0.15) is 0 Å². The van der Waals surface area contributed by atoms with Crippen molar-refractivity contribution in [2.24, 2.45) is 46.3 Å². The van der Waals surface area contributed by atoms with Crippen molar-refractivity contribution >= 4 is 17.7 Å². The third-order valence-electron chi connectivity index (χ3n) is 10.9. The van der Waals surface area contributed by atoms with Crippen LogP contribution >= 0.6 is 0 Å². The molecule has 3 saturated carbocycles. The van der Waals surface area contributed by atoms with E-state index in [0.717, 1.165) is 43.6 Å². The monoisotopic (exact) mass is 500 g/mol. The second-order valence-corrected chi connectivity index (χ2v) is 13.3. The molecule has 0 aromatic rings. The van der Waals surface area contributed by atoms with Crippen LogP contribution in [0.2, 0.25) is 0 Å². The normalized spacial score (nSPS) is 37.9. The summed E-state index contributed by atoms with van der Waals surface area (Å²) in [6.45, 7) is 14.4. The molecule has 4 rings (SSSR count). The van der Waals surface area contributed by atoms with Crippen LogP contribution in [0, 0.1) is 46.3 Å². The van der Waals surface area contributed by atoms with Crippen LogP contribution in [0.4, 0.5) is 0 Å². The molecule has 0 amide bonds. The molecule has 0 unspecified atom stereocenters. The van der Waals surface area contributed by atoms with Crippen LogP contribution in [0.5, 0.6) is 0 Å². The number of fused-ring (bicyclic) bond motifs is 5. The molecule has 5 heteroatoms. The quantitative estimate of drug-likeness (QED) is 0.277. The lowest BCUT2D eigenvalue weighted by Gasteiger charge is -2.61. The Labute approximate surface area is 218 Å². The van der Waals surface area contributed by atoms with E-state index in [0.29, 0.717) is 24.2 Å². The van der Waals surface area contributed by atoms with Gasteiger partial charge in [0.25, 0.3) is 5.79 Å². The van der Waals surface area contributed by atoms with Gasteiger partial charge in [0.2, 0.25) is 0 Å². The van der Waals surface area contributed by atoms with Crippen LogP contribution in [0.1, 0.15) is 113 Å². The molecule has 0 N–H and O–H groups in total. The lowest BCUT2D eigenvalue weighted by atomic mass is 9.45. The Morgan fingerprint density at radius 2 is 1.64 bits per heavy atom. The van der Waals surface area contributed by atoms with Crippen LogP contribution in [-0.4, -0.2) is 23.5 Å². The molecule has 0 aliphatic heterocycles. The number of hydrogen-bond acceptors (Lipinski definition) is 5. The van der Waals surface area contributed by atoms with Gasteiger partial charge in [0, 0.05) is 26.2 Å². The predicted octanol–water partition coefficient (Wildman–Crippen LogP) is 7.03. The van der Waals surface area contributed by atoms with Crippen molar-refractivity contribution in [3.8, 4) is 0 Å². The number of carbonyl (C=O) groups is 3. The highest BCUT2D eigenvalue weighted by Crippen LogP contribution is 2.68. The number of rotatable bonds is 7. The SMILES string of the molecule is CC(=O)OC1(OC(C)=O)CCCC2=CC(=O)[C@H]3[C@@H]4CC[C@H]([C@H](C)CCCC(C)C)[C@@]4(C)CC[C@@H]3[C@]21C. The fraction of sp³-hybridized carbons (Fsp3) is 0.839. The van der Waals surface area contributed by atoms with Gasteiger partial charge in [-0.3, -0.25) is 14.4 Å². The molecule has 0 saturated heterocycles. The average molecular weight is 501 g/mol. The minimum atomic E-state index is -1.34. The van der Waals surface area contributed by atoms with Gasteiger partial charge in [-0.2, -0.15) is 0 Å². The maximum atomic E-state index is 13.8. The topological polar surface area (TPSA) is 69.7 Å². The minimum Gasteiger partial charge on any atom is -0.422 e. The Morgan fingerprint density at radius 1 is 0.972 bits per heavy atom. The number of ketones is 1. The van der Waals surface area contributed by atoms with Gasteiger partial charge in [-0.05, 0) is 86.5 Å². The number of allylic oxidation sites excluding steroid dienone is 1. The highest BCUT2D eigenvalue weighted by Gasteiger charge is 2.69. The van der Waals surface area contributed by atoms with Gasteiger partial charge in [0.05, 0.1) is 5.41 Å². The van der Waals surface area contributed by atoms with Crippen molar-refractivity contribution in [2.75, 3.05) is 0 Å². The molecular formula is C31H48O5. The Hall–Kier alpha value is -1.65. The molecule has 36 heavy (non-hydrogen) atoms. The summed E-state index contributed by atoms with van der Waals surface area (Å²) in [6, 6.07) is 0. The third kappa shape index (κ3) is 4.36. The molecular weight excluding hydrogens is 452 g/mol. The van der Waals surface area contributed by atoms with E-state index in [1.54, 1.807) is 0 Å². The molecule has 0 aromatic heterocycles. The van der Waals surface area contributed by atoms with Crippen LogP contribution < -0.4 is 0 Å². The molecule has 4 aliphatic carbocycles. The van der Waals surface area contributed by atoms with E-state index in [4.69, 9.17) is 9.47 Å². The molecule has 0 radical (unpaired) electrons. The van der Waals surface area contributed by atoms with E-state index in [1.807, 2.05) is 6.08 Å². The van der Waals surface area contributed by atoms with Crippen molar-refractivity contribution in [2.45, 2.75) is 118 Å². The first-order valence-electron chi connectivity index (χ1n) is 14.5. The van der Waals surface area contributed by atoms with Crippen molar-refractivity contribution < 1.29 is 23.9 Å². The standard InChI is InChI=1S/C31H48O5/c1-19(2)10-8-11-20(3)24-13-14-25-28-26(15-17-29(24,25)6)30(7)23(18-27(28)34)12-9-16-31(30,35-21(4)32)36-22(5)33/h18-20,24-26,28H,8-17H2,1-7H3/t20-,24-,25+,26+,28+,29-,30+/m1/s1. The summed E-state index contributed by atoms with van der Waals surface area (Å²) < 4.78 is 11.9. The van der Waals surface area contributed by atoms with Crippen LogP contribution in [0.15, 0.2) is 11.6 Å². The van der Waals surface area contributed by atoms with Gasteiger partial charge in [-0.15, -0.1) is 0 Å². The molecule has 202 valence electrons. The Bertz CT molecular complexity index is 902. The van der Waals surface area contributed by atoms with E-state index in [-0.39, 0.29) is 23.0 Å². The van der Waals surface area contributed by atoms with Crippen LogP contribution in [0.3, 0.4) is 0 Å². The summed E-state index contributed by atoms with van der Waals surface area (Å²) in [6.07, 6.45) is 11.9. The fourth-order valence-electron chi connectivity index (χ4n) is 9.29. The summed E-state index contributed by atoms with van der Waals surface area (Å²) >= 11 is 0. The summed E-state index contributed by atoms with van der Waals surface area (Å²) in [5.74, 6) is 0.300. The van der Waals surface area contributed by atoms with Crippen molar-refractivity contribution in [1.29, 1.82) is 0 Å². The molecule has 5 nitrogen and oxygen atoms in total. The molecule has 0 heterocycles. The number of carbonyl (C=O) groups excluding carboxylic acids is 3. The zero-order valence-corrected chi connectivity index (χ0v) is 23.7. The third-order valence-corrected chi connectivity index (χ3v) is 10.9. The average Bonchev–Trinajstić information content (AvgIpc) is 3.11. The van der Waals surface area contributed by atoms with Gasteiger partial charge in [-0.25, -0.2) is 0 Å². The lowest BCUT2D eigenvalue weighted by molar-refractivity contribution is -0.287. The Kier molecular flexibility index (Phi) is 7.54. The minimum absolute atomic E-state index is 0.0112. The van der Waals surface area contributed by atoms with Gasteiger partial charge < -0.3 is 9.47 Å². The van der Waals surface area contributed by atoms with E-state index in [1.165, 1.54) is 39.5 Å². The maximum absolute atomic E-state index is 13.8. The number of hydrogen-bond donors (Lipinski definition) is 0. The number of esters is 2. The van der Waals surface area contributed by atoms with E-state index in [2.05, 4.69) is 34.6 Å². The Morgan fingerprint density at radius 3 is 2.25 bits per heavy atom. The zero-order chi connectivity index (χ0) is 26.5. The van der Waals surface area contributed by atoms with Crippen molar-refractivity contribution in [1.82, 2.24) is 0 Å². The largest absolute Gasteiger partial charge is 0.422 e. The highest BCUT2D eigenvalue weighted by atomic mass is 16.7. The second kappa shape index (κ2) is 9.91. The smallest absolute Gasteiger partial charge is 0.305 e. The molecule has 4 aliphatic rings. The first-order valence-corrected chi connectivity index (χ1v) is 14.5. The lowest BCUT2D eigenvalue weighted by Crippen LogP contribution is -2.64. The van der Waals surface area contributed by atoms with Gasteiger partial charge in [-0.1, -0.05) is 52.5 Å². The second-order valence-electron chi connectivity index (χ2n) is 13.3. The summed E-state index contributed by atoms with van der Waals surface area (Å²) in [5.41, 5.74) is 0.474. The first kappa shape index (κ1) is 27.4. The molecule has 0 spiro atoms. The molecule has 7 atom stereocenters. The summed E-state index contributed by atoms with van der Waals surface area (Å²) in [4.78, 5) is 38.4. The van der Waals surface area contributed by atoms with E-state index >= 15 is 0 Å². The fourth-order valence-corrected chi connectivity index (χ4v) is 9.29. The zero-order valence-electron chi connectivity index (χ0n) is 23.7. The molecule has 3 fully saturated rings. The van der Waals surface area contributed by atoms with Crippen LogP contribution in [-0.2, 0) is 23.9 Å². The van der Waals surface area contributed by atoms with Gasteiger partial charge >= 0.3 is 11.9 Å². The first-order chi connectivity index (χ1) is 16.9. The highest BCUT2D eigenvalue weighted by molar-refractivity contribution is 5.94. The van der Waals surface area contributed by atoms with Crippen molar-refractivity contribution in [3.05, 3.63) is 11.6 Å². The Balaban J connectivity index is 1.68. The number of ether oxygens (including phenoxy) is 2. The van der Waals surface area contributed by atoms with Gasteiger partial charge in [0.15, 0.2) is 5.78 Å². The summed E-state index contributed by atoms with van der Waals surface area (Å²) in [5, 5.41) is 0.